The zero-order chi connectivity index (χ0) is 14.8. The number of hydrogen-bond acceptors (Lipinski definition) is 3. The second-order valence-electron chi connectivity index (χ2n) is 4.48. The van der Waals surface area contributed by atoms with Crippen LogP contribution in [0, 0.1) is 6.92 Å². The number of amides is 1. The van der Waals surface area contributed by atoms with E-state index in [0.717, 1.165) is 11.4 Å². The highest BCUT2D eigenvalue weighted by atomic mass is 35.5. The van der Waals surface area contributed by atoms with Crippen molar-refractivity contribution in [2.45, 2.75) is 6.92 Å². The van der Waals surface area contributed by atoms with Crippen molar-refractivity contribution in [2.24, 2.45) is 0 Å². The minimum absolute atomic E-state index is 0.0648. The van der Waals surface area contributed by atoms with E-state index in [1.165, 1.54) is 12.3 Å². The molecule has 0 saturated carbocycles. The maximum absolute atomic E-state index is 12.2. The van der Waals surface area contributed by atoms with Crippen LogP contribution in [-0.2, 0) is 0 Å². The van der Waals surface area contributed by atoms with Crippen LogP contribution in [0.3, 0.4) is 0 Å². The van der Waals surface area contributed by atoms with Crippen molar-refractivity contribution in [2.75, 3.05) is 5.32 Å². The monoisotopic (exact) mass is 301 g/mol. The number of para-hydroxylation sites is 1. The Kier molecular flexibility index (Phi) is 3.50. The molecule has 3 rings (SSSR count). The summed E-state index contributed by atoms with van der Waals surface area (Å²) in [6.45, 7) is 1.86. The summed E-state index contributed by atoms with van der Waals surface area (Å²) in [7, 11) is 0. The number of nitrogens with one attached hydrogen (secondary N) is 1. The highest BCUT2D eigenvalue weighted by molar-refractivity contribution is 6.32. The zero-order valence-electron chi connectivity index (χ0n) is 11.2. The Labute approximate surface area is 126 Å². The van der Waals surface area contributed by atoms with E-state index in [0.29, 0.717) is 5.82 Å². The average Bonchev–Trinajstić information content (AvgIpc) is 3.06. The van der Waals surface area contributed by atoms with Gasteiger partial charge in [0.25, 0.3) is 5.91 Å². The molecule has 0 unspecified atom stereocenters. The molecule has 0 saturated heterocycles. The Hall–Kier alpha value is -2.53. The fraction of sp³-hybridized carbons (Fsp3) is 0.0667. The Morgan fingerprint density at radius 3 is 2.71 bits per heavy atom. The number of aromatic nitrogens is 2. The van der Waals surface area contributed by atoms with Crippen molar-refractivity contribution in [3.63, 3.8) is 0 Å². The van der Waals surface area contributed by atoms with Crippen molar-refractivity contribution in [3.8, 4) is 5.69 Å². The minimum Gasteiger partial charge on any atom is -0.452 e. The van der Waals surface area contributed by atoms with E-state index in [4.69, 9.17) is 16.0 Å². The van der Waals surface area contributed by atoms with Gasteiger partial charge in [-0.15, -0.1) is 0 Å². The van der Waals surface area contributed by atoms with Crippen LogP contribution in [0.2, 0.25) is 5.22 Å². The lowest BCUT2D eigenvalue weighted by Crippen LogP contribution is -2.14. The molecule has 0 radical (unpaired) electrons. The van der Waals surface area contributed by atoms with Gasteiger partial charge in [-0.1, -0.05) is 18.2 Å². The van der Waals surface area contributed by atoms with Crippen molar-refractivity contribution < 1.29 is 9.21 Å². The molecule has 0 aliphatic rings. The molecule has 0 fully saturated rings. The number of nitrogens with zero attached hydrogens (tertiary/aromatic N) is 2. The molecular formula is C15H12ClN3O2. The largest absolute Gasteiger partial charge is 0.452 e. The number of anilines is 1. The summed E-state index contributed by atoms with van der Waals surface area (Å²) in [5.41, 5.74) is 1.95. The molecule has 1 N–H and O–H groups in total. The normalized spacial score (nSPS) is 10.6. The predicted octanol–water partition coefficient (Wildman–Crippen LogP) is 3.68. The van der Waals surface area contributed by atoms with Gasteiger partial charge in [-0.2, -0.15) is 5.10 Å². The van der Waals surface area contributed by atoms with Crippen LogP contribution in [0.15, 0.2) is 53.1 Å². The summed E-state index contributed by atoms with van der Waals surface area (Å²) in [6.07, 6.45) is 1.37. The van der Waals surface area contributed by atoms with Gasteiger partial charge in [-0.3, -0.25) is 4.79 Å². The maximum Gasteiger partial charge on any atom is 0.261 e. The quantitative estimate of drug-likeness (QED) is 0.803. The first kappa shape index (κ1) is 13.5. The van der Waals surface area contributed by atoms with E-state index < -0.39 is 0 Å². The molecule has 6 heteroatoms. The molecule has 3 aromatic rings. The Morgan fingerprint density at radius 2 is 2.05 bits per heavy atom. The van der Waals surface area contributed by atoms with Crippen LogP contribution in [0.25, 0.3) is 5.69 Å². The highest BCUT2D eigenvalue weighted by Crippen LogP contribution is 2.21. The summed E-state index contributed by atoms with van der Waals surface area (Å²) in [6, 6.07) is 12.9. The van der Waals surface area contributed by atoms with Gasteiger partial charge in [-0.05, 0) is 36.7 Å². The second kappa shape index (κ2) is 5.46. The first-order chi connectivity index (χ1) is 10.1. The van der Waals surface area contributed by atoms with E-state index in [-0.39, 0.29) is 16.7 Å². The molecule has 2 heterocycles. The molecule has 0 atom stereocenters. The number of benzene rings is 1. The van der Waals surface area contributed by atoms with Gasteiger partial charge in [0, 0.05) is 6.07 Å². The number of rotatable bonds is 3. The molecule has 0 bridgehead atoms. The Morgan fingerprint density at radius 1 is 1.29 bits per heavy atom. The van der Waals surface area contributed by atoms with Crippen LogP contribution >= 0.6 is 11.6 Å². The third-order valence-corrected chi connectivity index (χ3v) is 3.23. The van der Waals surface area contributed by atoms with Crippen molar-refractivity contribution in [1.29, 1.82) is 0 Å². The van der Waals surface area contributed by atoms with E-state index >= 15 is 0 Å². The van der Waals surface area contributed by atoms with Gasteiger partial charge in [0.15, 0.2) is 0 Å². The van der Waals surface area contributed by atoms with Crippen LogP contribution in [0.1, 0.15) is 16.1 Å². The third kappa shape index (κ3) is 2.68. The van der Waals surface area contributed by atoms with Crippen molar-refractivity contribution in [1.82, 2.24) is 9.78 Å². The van der Waals surface area contributed by atoms with E-state index in [2.05, 4.69) is 10.4 Å². The number of carbonyl (C=O) groups is 1. The topological polar surface area (TPSA) is 60.1 Å². The Balaban J connectivity index is 1.93. The third-order valence-electron chi connectivity index (χ3n) is 2.94. The SMILES string of the molecule is Cc1cc(NC(=O)c2ccoc2Cl)n(-c2ccccc2)n1. The highest BCUT2D eigenvalue weighted by Gasteiger charge is 2.16. The van der Waals surface area contributed by atoms with Crippen LogP contribution in [0.4, 0.5) is 5.82 Å². The zero-order valence-corrected chi connectivity index (χ0v) is 12.0. The van der Waals surface area contributed by atoms with E-state index in [9.17, 15) is 4.79 Å². The van der Waals surface area contributed by atoms with Gasteiger partial charge >= 0.3 is 0 Å². The fourth-order valence-electron chi connectivity index (χ4n) is 1.99. The molecule has 0 spiro atoms. The minimum atomic E-state index is -0.342. The summed E-state index contributed by atoms with van der Waals surface area (Å²) in [5.74, 6) is 0.229. The summed E-state index contributed by atoms with van der Waals surface area (Å²) in [4.78, 5) is 12.2. The van der Waals surface area contributed by atoms with Crippen LogP contribution < -0.4 is 5.32 Å². The molecule has 21 heavy (non-hydrogen) atoms. The van der Waals surface area contributed by atoms with Crippen LogP contribution in [0.5, 0.6) is 0 Å². The molecular weight excluding hydrogens is 290 g/mol. The number of furan rings is 1. The van der Waals surface area contributed by atoms with Gasteiger partial charge < -0.3 is 9.73 Å². The second-order valence-corrected chi connectivity index (χ2v) is 4.82. The van der Waals surface area contributed by atoms with Gasteiger partial charge in [0.2, 0.25) is 5.22 Å². The van der Waals surface area contributed by atoms with Crippen LogP contribution in [-0.4, -0.2) is 15.7 Å². The number of carbonyl (C=O) groups excluding carboxylic acids is 1. The van der Waals surface area contributed by atoms with Crippen molar-refractivity contribution in [3.05, 3.63) is 65.2 Å². The molecule has 1 aromatic carbocycles. The molecule has 2 aromatic heterocycles. The summed E-state index contributed by atoms with van der Waals surface area (Å²) in [5, 5.41) is 7.24. The summed E-state index contributed by atoms with van der Waals surface area (Å²) < 4.78 is 6.59. The first-order valence-corrected chi connectivity index (χ1v) is 6.69. The predicted molar refractivity (Wildman–Crippen MR) is 80.0 cm³/mol. The lowest BCUT2D eigenvalue weighted by atomic mass is 10.3. The lowest BCUT2D eigenvalue weighted by molar-refractivity contribution is 0.102. The molecule has 0 aliphatic heterocycles. The number of hydrogen-bond donors (Lipinski definition) is 1. The standard InChI is InChI=1S/C15H12ClN3O2/c1-10-9-13(17-15(20)12-7-8-21-14(12)16)19(18-10)11-5-3-2-4-6-11/h2-9H,1H3,(H,17,20). The lowest BCUT2D eigenvalue weighted by Gasteiger charge is -2.08. The molecule has 106 valence electrons. The average molecular weight is 302 g/mol. The number of aryl methyl sites for hydroxylation is 1. The van der Waals surface area contributed by atoms with Gasteiger partial charge in [0.1, 0.15) is 5.82 Å². The Bertz CT molecular complexity index is 777. The summed E-state index contributed by atoms with van der Waals surface area (Å²) >= 11 is 5.81. The fourth-order valence-corrected chi connectivity index (χ4v) is 2.19. The molecule has 0 aliphatic carbocycles. The van der Waals surface area contributed by atoms with Gasteiger partial charge in [0.05, 0.1) is 23.2 Å². The molecule has 5 nitrogen and oxygen atoms in total. The molecule has 1 amide bonds. The van der Waals surface area contributed by atoms with E-state index in [1.54, 1.807) is 10.7 Å². The number of halogens is 1. The van der Waals surface area contributed by atoms with Gasteiger partial charge in [-0.25, -0.2) is 4.68 Å². The van der Waals surface area contributed by atoms with E-state index in [1.807, 2.05) is 37.3 Å². The van der Waals surface area contributed by atoms with Crippen molar-refractivity contribution >= 4 is 23.3 Å². The first-order valence-electron chi connectivity index (χ1n) is 6.31. The maximum atomic E-state index is 12.2. The smallest absolute Gasteiger partial charge is 0.261 e.